The lowest BCUT2D eigenvalue weighted by molar-refractivity contribution is 0.313. The normalized spacial score (nSPS) is 11.9. The second-order valence-electron chi connectivity index (χ2n) is 4.44. The number of hydrogen-bond acceptors (Lipinski definition) is 3. The van der Waals surface area contributed by atoms with E-state index in [1.165, 1.54) is 11.8 Å². The summed E-state index contributed by atoms with van der Waals surface area (Å²) in [7, 11) is 0. The van der Waals surface area contributed by atoms with Crippen molar-refractivity contribution >= 4 is 35.0 Å². The first-order valence-corrected chi connectivity index (χ1v) is 7.94. The zero-order valence-electron chi connectivity index (χ0n) is 11.1. The summed E-state index contributed by atoms with van der Waals surface area (Å²) in [5.41, 5.74) is 1.01. The van der Waals surface area contributed by atoms with Gasteiger partial charge < -0.3 is 4.74 Å². The molecule has 0 N–H and O–H groups in total. The van der Waals surface area contributed by atoms with Crippen LogP contribution in [-0.2, 0) is 6.42 Å². The molecule has 1 aromatic carbocycles. The van der Waals surface area contributed by atoms with Gasteiger partial charge in [0.2, 0.25) is 0 Å². The van der Waals surface area contributed by atoms with Crippen LogP contribution in [0.2, 0.25) is 10.0 Å². The second-order valence-corrected chi connectivity index (χ2v) is 6.08. The van der Waals surface area contributed by atoms with Gasteiger partial charge in [-0.15, -0.1) is 0 Å². The third-order valence-electron chi connectivity index (χ3n) is 2.54. The van der Waals surface area contributed by atoms with E-state index in [-0.39, 0.29) is 0 Å². The van der Waals surface area contributed by atoms with Gasteiger partial charge >= 0.3 is 0 Å². The summed E-state index contributed by atoms with van der Waals surface area (Å²) >= 11 is 13.5. The smallest absolute Gasteiger partial charge is 0.141 e. The van der Waals surface area contributed by atoms with Gasteiger partial charge in [-0.25, -0.2) is 0 Å². The zero-order chi connectivity index (χ0) is 14.3. The van der Waals surface area contributed by atoms with E-state index in [0.717, 1.165) is 29.9 Å². The van der Waals surface area contributed by atoms with Gasteiger partial charge in [0.15, 0.2) is 0 Å². The summed E-state index contributed by atoms with van der Waals surface area (Å²) in [6, 6.07) is 3.60. The average molecular weight is 318 g/mol. The van der Waals surface area contributed by atoms with Crippen LogP contribution >= 0.6 is 35.0 Å². The molecule has 0 aliphatic heterocycles. The molecule has 0 spiro atoms. The fraction of sp³-hybridized carbons (Fsp3) is 0.500. The molecule has 104 valence electrons. The van der Waals surface area contributed by atoms with Crippen LogP contribution < -0.4 is 4.74 Å². The van der Waals surface area contributed by atoms with Gasteiger partial charge in [0.25, 0.3) is 0 Å². The number of benzene rings is 1. The Bertz CT molecular complexity index is 459. The van der Waals surface area contributed by atoms with Crippen LogP contribution in [-0.4, -0.2) is 12.4 Å². The molecule has 0 heterocycles. The monoisotopic (exact) mass is 317 g/mol. The first-order chi connectivity index (χ1) is 9.08. The van der Waals surface area contributed by atoms with Crippen LogP contribution in [0.3, 0.4) is 0 Å². The Morgan fingerprint density at radius 1 is 1.42 bits per heavy atom. The van der Waals surface area contributed by atoms with Crippen LogP contribution in [0.5, 0.6) is 5.75 Å². The molecule has 0 bridgehead atoms. The number of ether oxygens (including phenoxy) is 1. The van der Waals surface area contributed by atoms with Crippen molar-refractivity contribution in [2.24, 2.45) is 5.92 Å². The molecule has 0 aromatic heterocycles. The van der Waals surface area contributed by atoms with Crippen molar-refractivity contribution in [2.45, 2.75) is 26.7 Å². The first kappa shape index (κ1) is 16.5. The second kappa shape index (κ2) is 8.58. The molecule has 0 aliphatic carbocycles. The fourth-order valence-electron chi connectivity index (χ4n) is 1.74. The van der Waals surface area contributed by atoms with Crippen molar-refractivity contribution in [1.82, 2.24) is 0 Å². The van der Waals surface area contributed by atoms with Crippen molar-refractivity contribution in [3.63, 3.8) is 0 Å². The molecule has 19 heavy (non-hydrogen) atoms. The lowest BCUT2D eigenvalue weighted by Gasteiger charge is -2.16. The van der Waals surface area contributed by atoms with E-state index >= 15 is 0 Å². The standard InChI is InChI=1S/C14H17Cl2NOS/c1-3-4-18-14-11(5-10(2)8-19-9-17)6-12(15)7-13(14)16/h6-7,10H,3-5,8H2,1-2H3. The van der Waals surface area contributed by atoms with E-state index in [0.29, 0.717) is 22.6 Å². The third-order valence-corrected chi connectivity index (χ3v) is 3.90. The lowest BCUT2D eigenvalue weighted by Crippen LogP contribution is -2.06. The molecule has 5 heteroatoms. The molecule has 0 saturated carbocycles. The fourth-order valence-corrected chi connectivity index (χ4v) is 2.81. The van der Waals surface area contributed by atoms with Gasteiger partial charge in [-0.1, -0.05) is 37.0 Å². The molecule has 0 aliphatic rings. The molecule has 2 nitrogen and oxygen atoms in total. The molecule has 1 unspecified atom stereocenters. The first-order valence-electron chi connectivity index (χ1n) is 6.20. The minimum atomic E-state index is 0.364. The predicted octanol–water partition coefficient (Wildman–Crippen LogP) is 5.18. The Morgan fingerprint density at radius 3 is 2.79 bits per heavy atom. The van der Waals surface area contributed by atoms with Gasteiger partial charge in [0.05, 0.1) is 11.6 Å². The summed E-state index contributed by atoms with van der Waals surface area (Å²) in [6.45, 7) is 4.79. The predicted molar refractivity (Wildman–Crippen MR) is 83.2 cm³/mol. The number of rotatable bonds is 7. The van der Waals surface area contributed by atoms with Crippen LogP contribution in [0.25, 0.3) is 0 Å². The Morgan fingerprint density at radius 2 is 2.16 bits per heavy atom. The Labute approximate surface area is 129 Å². The number of thiocyanates is 1. The molecule has 0 amide bonds. The molecule has 1 rings (SSSR count). The number of halogens is 2. The lowest BCUT2D eigenvalue weighted by atomic mass is 10.0. The Kier molecular flexibility index (Phi) is 7.45. The van der Waals surface area contributed by atoms with E-state index in [1.807, 2.05) is 6.07 Å². The SMILES string of the molecule is CCCOc1c(Cl)cc(Cl)cc1CC(C)CSC#N. The highest BCUT2D eigenvalue weighted by Crippen LogP contribution is 2.34. The average Bonchev–Trinajstić information content (AvgIpc) is 2.35. The van der Waals surface area contributed by atoms with Crippen molar-refractivity contribution in [1.29, 1.82) is 5.26 Å². The maximum absolute atomic E-state index is 8.59. The molecular weight excluding hydrogens is 301 g/mol. The van der Waals surface area contributed by atoms with Gasteiger partial charge in [0, 0.05) is 10.8 Å². The highest BCUT2D eigenvalue weighted by atomic mass is 35.5. The van der Waals surface area contributed by atoms with Crippen LogP contribution in [0.4, 0.5) is 0 Å². The quantitative estimate of drug-likeness (QED) is 0.650. The number of thioether (sulfide) groups is 1. The van der Waals surface area contributed by atoms with Crippen molar-refractivity contribution in [3.8, 4) is 11.2 Å². The van der Waals surface area contributed by atoms with E-state index in [1.54, 1.807) is 6.07 Å². The molecular formula is C14H17Cl2NOS. The number of nitrogens with zero attached hydrogens (tertiary/aromatic N) is 1. The van der Waals surface area contributed by atoms with Crippen molar-refractivity contribution in [2.75, 3.05) is 12.4 Å². The highest BCUT2D eigenvalue weighted by Gasteiger charge is 2.14. The molecule has 0 saturated heterocycles. The third kappa shape index (κ3) is 5.52. The molecule has 1 aromatic rings. The van der Waals surface area contributed by atoms with E-state index in [4.69, 9.17) is 33.2 Å². The van der Waals surface area contributed by atoms with E-state index in [9.17, 15) is 0 Å². The van der Waals surface area contributed by atoms with E-state index in [2.05, 4.69) is 19.2 Å². The van der Waals surface area contributed by atoms with Gasteiger partial charge in [-0.3, -0.25) is 0 Å². The van der Waals surface area contributed by atoms with E-state index < -0.39 is 0 Å². The Hall–Kier alpha value is -0.560. The minimum Gasteiger partial charge on any atom is -0.492 e. The summed E-state index contributed by atoms with van der Waals surface area (Å²) in [4.78, 5) is 0. The van der Waals surface area contributed by atoms with Gasteiger partial charge in [-0.2, -0.15) is 5.26 Å². The van der Waals surface area contributed by atoms with Crippen LogP contribution in [0, 0.1) is 16.6 Å². The topological polar surface area (TPSA) is 33.0 Å². The molecule has 0 fully saturated rings. The summed E-state index contributed by atoms with van der Waals surface area (Å²) in [5, 5.41) is 11.8. The van der Waals surface area contributed by atoms with Crippen molar-refractivity contribution in [3.05, 3.63) is 27.7 Å². The van der Waals surface area contributed by atoms with Crippen LogP contribution in [0.15, 0.2) is 12.1 Å². The highest BCUT2D eigenvalue weighted by molar-refractivity contribution is 8.03. The van der Waals surface area contributed by atoms with Crippen molar-refractivity contribution < 1.29 is 4.74 Å². The number of nitriles is 1. The van der Waals surface area contributed by atoms with Gasteiger partial charge in [-0.05, 0) is 48.2 Å². The maximum atomic E-state index is 8.59. The van der Waals surface area contributed by atoms with Crippen LogP contribution in [0.1, 0.15) is 25.8 Å². The zero-order valence-corrected chi connectivity index (χ0v) is 13.4. The Balaban J connectivity index is 2.87. The minimum absolute atomic E-state index is 0.364. The number of hydrogen-bond donors (Lipinski definition) is 0. The summed E-state index contributed by atoms with van der Waals surface area (Å²) in [6.07, 6.45) is 1.73. The molecule has 1 atom stereocenters. The summed E-state index contributed by atoms with van der Waals surface area (Å²) < 4.78 is 5.72. The maximum Gasteiger partial charge on any atom is 0.141 e. The molecule has 0 radical (unpaired) electrons. The largest absolute Gasteiger partial charge is 0.492 e. The summed E-state index contributed by atoms with van der Waals surface area (Å²) in [5.74, 6) is 1.87. The van der Waals surface area contributed by atoms with Gasteiger partial charge in [0.1, 0.15) is 11.2 Å².